The van der Waals surface area contributed by atoms with Crippen LogP contribution in [0.15, 0.2) is 30.3 Å². The maximum Gasteiger partial charge on any atom is 0.325 e. The van der Waals surface area contributed by atoms with E-state index in [0.29, 0.717) is 6.54 Å². The zero-order chi connectivity index (χ0) is 17.9. The molecule has 0 bridgehead atoms. The molecule has 0 fully saturated rings. The second-order valence-electron chi connectivity index (χ2n) is 5.87. The predicted octanol–water partition coefficient (Wildman–Crippen LogP) is 2.10. The molecule has 2 N–H and O–H groups in total. The van der Waals surface area contributed by atoms with Gasteiger partial charge in [-0.15, -0.1) is 0 Å². The van der Waals surface area contributed by atoms with E-state index >= 15 is 0 Å². The lowest BCUT2D eigenvalue weighted by atomic mass is 10.2. The molecule has 0 radical (unpaired) electrons. The second-order valence-corrected chi connectivity index (χ2v) is 5.87. The smallest absolute Gasteiger partial charge is 0.325 e. The van der Waals surface area contributed by atoms with Crippen molar-refractivity contribution in [3.8, 4) is 5.69 Å². The molecule has 7 nitrogen and oxygen atoms in total. The van der Waals surface area contributed by atoms with Gasteiger partial charge >= 0.3 is 12.0 Å². The Hall–Kier alpha value is -2.83. The number of carbonyl (C=O) groups is 2. The van der Waals surface area contributed by atoms with Gasteiger partial charge in [0, 0.05) is 19.3 Å². The summed E-state index contributed by atoms with van der Waals surface area (Å²) in [5, 5.41) is 15.7. The first-order valence-corrected chi connectivity index (χ1v) is 7.65. The number of rotatable bonds is 5. The van der Waals surface area contributed by atoms with Gasteiger partial charge in [-0.2, -0.15) is 5.10 Å². The third kappa shape index (κ3) is 4.13. The van der Waals surface area contributed by atoms with Crippen LogP contribution in [-0.4, -0.2) is 44.9 Å². The highest BCUT2D eigenvalue weighted by Gasteiger charge is 2.17. The Morgan fingerprint density at radius 2 is 2.04 bits per heavy atom. The number of hydrogen-bond acceptors (Lipinski definition) is 3. The molecule has 0 saturated carbocycles. The van der Waals surface area contributed by atoms with Crippen LogP contribution in [0.1, 0.15) is 23.9 Å². The van der Waals surface area contributed by atoms with Crippen molar-refractivity contribution in [2.45, 2.75) is 33.4 Å². The van der Waals surface area contributed by atoms with Gasteiger partial charge < -0.3 is 15.3 Å². The molecule has 0 aliphatic carbocycles. The van der Waals surface area contributed by atoms with E-state index in [1.165, 1.54) is 11.8 Å². The van der Waals surface area contributed by atoms with Crippen molar-refractivity contribution in [1.82, 2.24) is 20.0 Å². The summed E-state index contributed by atoms with van der Waals surface area (Å²) in [6, 6.07) is 8.38. The molecule has 2 amide bonds. The van der Waals surface area contributed by atoms with E-state index in [1.807, 2.05) is 48.9 Å². The Bertz CT molecular complexity index is 754. The van der Waals surface area contributed by atoms with Crippen molar-refractivity contribution in [3.63, 3.8) is 0 Å². The highest BCUT2D eigenvalue weighted by Crippen LogP contribution is 2.15. The minimum absolute atomic E-state index is 0.366. The van der Waals surface area contributed by atoms with Crippen LogP contribution in [-0.2, 0) is 11.3 Å². The fraction of sp³-hybridized carbons (Fsp3) is 0.353. The molecular weight excluding hydrogens is 308 g/mol. The number of aryl methyl sites for hydroxylation is 2. The average molecular weight is 330 g/mol. The van der Waals surface area contributed by atoms with E-state index in [2.05, 4.69) is 10.4 Å². The molecule has 1 atom stereocenters. The minimum atomic E-state index is -1.07. The Kier molecular flexibility index (Phi) is 5.23. The zero-order valence-electron chi connectivity index (χ0n) is 14.3. The molecule has 2 aromatic rings. The minimum Gasteiger partial charge on any atom is -0.480 e. The molecule has 1 aromatic heterocycles. The Morgan fingerprint density at radius 3 is 2.62 bits per heavy atom. The molecule has 0 unspecified atom stereocenters. The summed E-state index contributed by atoms with van der Waals surface area (Å²) >= 11 is 0. The number of nitrogens with one attached hydrogen (secondary N) is 1. The van der Waals surface area contributed by atoms with Gasteiger partial charge in [-0.25, -0.2) is 9.48 Å². The number of amides is 2. The Labute approximate surface area is 140 Å². The predicted molar refractivity (Wildman–Crippen MR) is 90.1 cm³/mol. The summed E-state index contributed by atoms with van der Waals surface area (Å²) in [7, 11) is 1.62. The average Bonchev–Trinajstić information content (AvgIpc) is 2.85. The van der Waals surface area contributed by atoms with Crippen molar-refractivity contribution in [2.75, 3.05) is 7.05 Å². The first-order valence-electron chi connectivity index (χ1n) is 7.65. The maximum atomic E-state index is 12.0. The first-order chi connectivity index (χ1) is 11.3. The number of aliphatic carboxylic acids is 1. The van der Waals surface area contributed by atoms with Crippen molar-refractivity contribution in [2.24, 2.45) is 0 Å². The molecule has 0 spiro atoms. The zero-order valence-corrected chi connectivity index (χ0v) is 14.3. The lowest BCUT2D eigenvalue weighted by Gasteiger charge is -2.20. The summed E-state index contributed by atoms with van der Waals surface area (Å²) in [6.07, 6.45) is 0. The van der Waals surface area contributed by atoms with Crippen LogP contribution in [0.3, 0.4) is 0 Å². The molecule has 2 rings (SSSR count). The van der Waals surface area contributed by atoms with Crippen LogP contribution in [0, 0.1) is 13.8 Å². The normalized spacial score (nSPS) is 11.8. The molecule has 1 aromatic carbocycles. The monoisotopic (exact) mass is 330 g/mol. The number of carbonyl (C=O) groups excluding carboxylic acids is 1. The van der Waals surface area contributed by atoms with E-state index in [4.69, 9.17) is 5.11 Å². The number of nitrogens with zero attached hydrogens (tertiary/aromatic N) is 3. The van der Waals surface area contributed by atoms with Gasteiger partial charge in [-0.3, -0.25) is 4.79 Å². The van der Waals surface area contributed by atoms with Crippen molar-refractivity contribution in [3.05, 3.63) is 47.3 Å². The molecule has 128 valence electrons. The summed E-state index contributed by atoms with van der Waals surface area (Å²) < 4.78 is 1.85. The van der Waals surface area contributed by atoms with Crippen LogP contribution in [0.2, 0.25) is 0 Å². The van der Waals surface area contributed by atoms with Crippen LogP contribution >= 0.6 is 0 Å². The third-order valence-corrected chi connectivity index (χ3v) is 3.64. The van der Waals surface area contributed by atoms with Gasteiger partial charge in [0.1, 0.15) is 6.04 Å². The highest BCUT2D eigenvalue weighted by atomic mass is 16.4. The Balaban J connectivity index is 2.10. The number of hydrogen-bond donors (Lipinski definition) is 2. The third-order valence-electron chi connectivity index (χ3n) is 3.64. The molecule has 1 heterocycles. The fourth-order valence-corrected chi connectivity index (χ4v) is 2.38. The summed E-state index contributed by atoms with van der Waals surface area (Å²) in [5.41, 5.74) is 3.83. The van der Waals surface area contributed by atoms with Crippen LogP contribution in [0.25, 0.3) is 5.69 Å². The lowest BCUT2D eigenvalue weighted by molar-refractivity contribution is -0.138. The van der Waals surface area contributed by atoms with E-state index < -0.39 is 18.0 Å². The molecular formula is C17H22N4O3. The van der Waals surface area contributed by atoms with E-state index in [1.54, 1.807) is 7.05 Å². The number of carboxylic acid groups (broad SMARTS) is 1. The van der Waals surface area contributed by atoms with Gasteiger partial charge in [0.25, 0.3) is 0 Å². The van der Waals surface area contributed by atoms with Crippen molar-refractivity contribution >= 4 is 12.0 Å². The highest BCUT2D eigenvalue weighted by molar-refractivity contribution is 5.82. The standard InChI is InChI=1S/C17H22N4O3/c1-11-8-12(2)21(19-11)15-7-5-6-14(9-15)10-20(4)17(24)18-13(3)16(22)23/h5-9,13H,10H2,1-4H3,(H,18,24)(H,22,23)/t13-/m1/s1. The summed E-state index contributed by atoms with van der Waals surface area (Å²) in [5.74, 6) is -1.07. The SMILES string of the molecule is Cc1cc(C)n(-c2cccc(CN(C)C(=O)N[C@H](C)C(=O)O)c2)n1. The van der Waals surface area contributed by atoms with Crippen LogP contribution < -0.4 is 5.32 Å². The van der Waals surface area contributed by atoms with Gasteiger partial charge in [0.15, 0.2) is 0 Å². The van der Waals surface area contributed by atoms with Crippen LogP contribution in [0.5, 0.6) is 0 Å². The molecule has 24 heavy (non-hydrogen) atoms. The molecule has 0 saturated heterocycles. The van der Waals surface area contributed by atoms with Crippen molar-refractivity contribution in [1.29, 1.82) is 0 Å². The van der Waals surface area contributed by atoms with Gasteiger partial charge in [0.2, 0.25) is 0 Å². The lowest BCUT2D eigenvalue weighted by Crippen LogP contribution is -2.44. The second kappa shape index (κ2) is 7.16. The molecule has 0 aliphatic rings. The van der Waals surface area contributed by atoms with Crippen LogP contribution in [0.4, 0.5) is 4.79 Å². The number of benzene rings is 1. The van der Waals surface area contributed by atoms with E-state index in [-0.39, 0.29) is 0 Å². The fourth-order valence-electron chi connectivity index (χ4n) is 2.38. The largest absolute Gasteiger partial charge is 0.480 e. The topological polar surface area (TPSA) is 87.5 Å². The Morgan fingerprint density at radius 1 is 1.33 bits per heavy atom. The number of urea groups is 1. The van der Waals surface area contributed by atoms with E-state index in [9.17, 15) is 9.59 Å². The maximum absolute atomic E-state index is 12.0. The van der Waals surface area contributed by atoms with Gasteiger partial charge in [0.05, 0.1) is 11.4 Å². The van der Waals surface area contributed by atoms with E-state index in [0.717, 1.165) is 22.6 Å². The summed E-state index contributed by atoms with van der Waals surface area (Å²) in [4.78, 5) is 24.3. The molecule has 7 heteroatoms. The number of carboxylic acids is 1. The quantitative estimate of drug-likeness (QED) is 0.879. The summed E-state index contributed by atoms with van der Waals surface area (Å²) in [6.45, 7) is 5.72. The number of aromatic nitrogens is 2. The van der Waals surface area contributed by atoms with Gasteiger partial charge in [-0.05, 0) is 44.5 Å². The first kappa shape index (κ1) is 17.5. The van der Waals surface area contributed by atoms with Crippen molar-refractivity contribution < 1.29 is 14.7 Å². The van der Waals surface area contributed by atoms with Gasteiger partial charge in [-0.1, -0.05) is 12.1 Å². The molecule has 0 aliphatic heterocycles.